The lowest BCUT2D eigenvalue weighted by Gasteiger charge is -2.31. The highest BCUT2D eigenvalue weighted by atomic mass is 16.4. The minimum atomic E-state index is -0.539. The lowest BCUT2D eigenvalue weighted by atomic mass is 10.0. The van der Waals surface area contributed by atoms with Crippen LogP contribution in [0, 0.1) is 0 Å². The molecule has 0 bridgehead atoms. The van der Waals surface area contributed by atoms with Crippen LogP contribution in [0.2, 0.25) is 0 Å². The highest BCUT2D eigenvalue weighted by Crippen LogP contribution is 2.27. The monoisotopic (exact) mass is 329 g/mol. The Labute approximate surface area is 143 Å². The van der Waals surface area contributed by atoms with Gasteiger partial charge in [-0.2, -0.15) is 0 Å². The molecule has 0 spiro atoms. The quantitative estimate of drug-likeness (QED) is 0.849. The number of aliphatic hydroxyl groups is 2. The fourth-order valence-electron chi connectivity index (χ4n) is 3.55. The molecule has 1 fully saturated rings. The maximum absolute atomic E-state index is 10.5. The first-order valence-electron chi connectivity index (χ1n) is 8.90. The number of furan rings is 1. The minimum absolute atomic E-state index is 0.0853. The Bertz CT molecular complexity index is 594. The van der Waals surface area contributed by atoms with Crippen LogP contribution in [-0.2, 0) is 13.2 Å². The third-order valence-corrected chi connectivity index (χ3v) is 4.96. The summed E-state index contributed by atoms with van der Waals surface area (Å²) in [7, 11) is 0. The molecule has 4 heteroatoms. The Hall–Kier alpha value is -1.62. The van der Waals surface area contributed by atoms with Crippen LogP contribution >= 0.6 is 0 Å². The third-order valence-electron chi connectivity index (χ3n) is 4.96. The zero-order chi connectivity index (χ0) is 16.8. The molecule has 2 N–H and O–H groups in total. The summed E-state index contributed by atoms with van der Waals surface area (Å²) in [4.78, 5) is 2.49. The highest BCUT2D eigenvalue weighted by Gasteiger charge is 2.25. The zero-order valence-electron chi connectivity index (χ0n) is 14.1. The van der Waals surface area contributed by atoms with Gasteiger partial charge in [-0.1, -0.05) is 37.1 Å². The number of hydrogen-bond acceptors (Lipinski definition) is 4. The van der Waals surface area contributed by atoms with Gasteiger partial charge in [-0.15, -0.1) is 0 Å². The Morgan fingerprint density at radius 3 is 2.58 bits per heavy atom. The van der Waals surface area contributed by atoms with Crippen LogP contribution in [0.25, 0.3) is 0 Å². The second-order valence-electron chi connectivity index (χ2n) is 6.72. The summed E-state index contributed by atoms with van der Waals surface area (Å²) in [5, 5.41) is 19.6. The normalized spacial score (nSPS) is 20.7. The van der Waals surface area contributed by atoms with Gasteiger partial charge in [0.15, 0.2) is 0 Å². The number of aliphatic hydroxyl groups excluding tert-OH is 2. The van der Waals surface area contributed by atoms with Crippen LogP contribution in [0.1, 0.15) is 55.1 Å². The van der Waals surface area contributed by atoms with Crippen molar-refractivity contribution in [1.29, 1.82) is 0 Å². The van der Waals surface area contributed by atoms with Crippen molar-refractivity contribution >= 4 is 0 Å². The average molecular weight is 329 g/mol. The lowest BCUT2D eigenvalue weighted by molar-refractivity contribution is 0.0830. The first kappa shape index (κ1) is 17.2. The van der Waals surface area contributed by atoms with Crippen molar-refractivity contribution in [3.63, 3.8) is 0 Å². The zero-order valence-corrected chi connectivity index (χ0v) is 14.1. The molecule has 3 rings (SSSR count). The van der Waals surface area contributed by atoms with E-state index in [1.807, 2.05) is 24.3 Å². The van der Waals surface area contributed by atoms with Gasteiger partial charge in [-0.3, -0.25) is 4.90 Å². The van der Waals surface area contributed by atoms with Crippen LogP contribution in [0.15, 0.2) is 47.1 Å². The van der Waals surface area contributed by atoms with Gasteiger partial charge in [0.05, 0.1) is 12.9 Å². The largest absolute Gasteiger partial charge is 0.467 e. The molecule has 2 aromatic rings. The summed E-state index contributed by atoms with van der Waals surface area (Å²) in [6, 6.07) is 12.2. The van der Waals surface area contributed by atoms with Crippen LogP contribution in [0.5, 0.6) is 0 Å². The van der Waals surface area contributed by atoms with E-state index in [1.54, 1.807) is 6.26 Å². The molecular weight excluding hydrogens is 302 g/mol. The van der Waals surface area contributed by atoms with Gasteiger partial charge in [0.1, 0.15) is 11.9 Å². The topological polar surface area (TPSA) is 56.8 Å². The van der Waals surface area contributed by atoms with Crippen LogP contribution in [-0.4, -0.2) is 27.7 Å². The molecule has 24 heavy (non-hydrogen) atoms. The summed E-state index contributed by atoms with van der Waals surface area (Å²) in [5.74, 6) is 0.659. The molecule has 0 amide bonds. The minimum Gasteiger partial charge on any atom is -0.467 e. The molecule has 1 aromatic carbocycles. The molecule has 0 saturated carbocycles. The van der Waals surface area contributed by atoms with Crippen LogP contribution in [0.4, 0.5) is 0 Å². The third kappa shape index (κ3) is 4.47. The van der Waals surface area contributed by atoms with Crippen molar-refractivity contribution < 1.29 is 14.6 Å². The standard InChI is InChI=1S/C20H27NO3/c22-15-17-9-7-16(8-10-17)14-21-11-3-1-2-5-18(21)13-19(23)20-6-4-12-24-20/h4,6-10,12,18-19,22-23H,1-3,5,11,13-15H2. The first-order chi connectivity index (χ1) is 11.8. The molecule has 1 aromatic heterocycles. The van der Waals surface area contributed by atoms with Gasteiger partial charge >= 0.3 is 0 Å². The van der Waals surface area contributed by atoms with Crippen molar-refractivity contribution in [1.82, 2.24) is 4.90 Å². The molecule has 4 nitrogen and oxygen atoms in total. The fourth-order valence-corrected chi connectivity index (χ4v) is 3.55. The summed E-state index contributed by atoms with van der Waals surface area (Å²) in [6.45, 7) is 2.04. The first-order valence-corrected chi connectivity index (χ1v) is 8.90. The summed E-state index contributed by atoms with van der Waals surface area (Å²) < 4.78 is 5.35. The molecule has 1 aliphatic rings. The van der Waals surface area contributed by atoms with Crippen LogP contribution in [0.3, 0.4) is 0 Å². The molecule has 0 radical (unpaired) electrons. The van der Waals surface area contributed by atoms with E-state index in [-0.39, 0.29) is 6.61 Å². The van der Waals surface area contributed by atoms with E-state index < -0.39 is 6.10 Å². The summed E-state index contributed by atoms with van der Waals surface area (Å²) in [6.07, 6.45) is 6.59. The number of benzene rings is 1. The average Bonchev–Trinajstić information content (AvgIpc) is 3.07. The van der Waals surface area contributed by atoms with Gasteiger partial charge in [-0.05, 0) is 49.1 Å². The molecule has 2 heterocycles. The number of rotatable bonds is 6. The summed E-state index contributed by atoms with van der Waals surface area (Å²) in [5.41, 5.74) is 2.20. The molecule has 0 aliphatic carbocycles. The predicted octanol–water partition coefficient (Wildman–Crippen LogP) is 3.64. The van der Waals surface area contributed by atoms with E-state index in [0.29, 0.717) is 18.2 Å². The highest BCUT2D eigenvalue weighted by molar-refractivity contribution is 5.22. The molecule has 130 valence electrons. The summed E-state index contributed by atoms with van der Waals surface area (Å²) >= 11 is 0. The number of hydrogen-bond donors (Lipinski definition) is 2. The van der Waals surface area contributed by atoms with Gasteiger partial charge < -0.3 is 14.6 Å². The van der Waals surface area contributed by atoms with Crippen molar-refractivity contribution in [3.05, 3.63) is 59.5 Å². The fraction of sp³-hybridized carbons (Fsp3) is 0.500. The predicted molar refractivity (Wildman–Crippen MR) is 93.3 cm³/mol. The SMILES string of the molecule is OCc1ccc(CN2CCCCCC2CC(O)c2ccco2)cc1. The number of likely N-dealkylation sites (tertiary alicyclic amines) is 1. The second kappa shape index (κ2) is 8.47. The van der Waals surface area contributed by atoms with E-state index in [9.17, 15) is 10.2 Å². The Balaban J connectivity index is 1.67. The Morgan fingerprint density at radius 1 is 1.08 bits per heavy atom. The van der Waals surface area contributed by atoms with Gasteiger partial charge in [0, 0.05) is 12.6 Å². The lowest BCUT2D eigenvalue weighted by Crippen LogP contribution is -2.35. The maximum Gasteiger partial charge on any atom is 0.132 e. The molecule has 1 aliphatic heterocycles. The molecule has 2 atom stereocenters. The van der Waals surface area contributed by atoms with E-state index in [0.717, 1.165) is 25.1 Å². The Morgan fingerprint density at radius 2 is 1.88 bits per heavy atom. The van der Waals surface area contributed by atoms with Gasteiger partial charge in [0.25, 0.3) is 0 Å². The van der Waals surface area contributed by atoms with Crippen molar-refractivity contribution in [2.45, 2.75) is 57.4 Å². The van der Waals surface area contributed by atoms with Gasteiger partial charge in [-0.25, -0.2) is 0 Å². The maximum atomic E-state index is 10.5. The van der Waals surface area contributed by atoms with E-state index >= 15 is 0 Å². The Kier molecular flexibility index (Phi) is 6.07. The smallest absolute Gasteiger partial charge is 0.132 e. The van der Waals surface area contributed by atoms with Crippen molar-refractivity contribution in [2.75, 3.05) is 6.54 Å². The van der Waals surface area contributed by atoms with E-state index in [2.05, 4.69) is 17.0 Å². The van der Waals surface area contributed by atoms with E-state index in [1.165, 1.54) is 24.8 Å². The molecular formula is C20H27NO3. The second-order valence-corrected chi connectivity index (χ2v) is 6.72. The van der Waals surface area contributed by atoms with Crippen LogP contribution < -0.4 is 0 Å². The van der Waals surface area contributed by atoms with Crippen molar-refractivity contribution in [2.24, 2.45) is 0 Å². The van der Waals surface area contributed by atoms with Crippen molar-refractivity contribution in [3.8, 4) is 0 Å². The number of nitrogens with zero attached hydrogens (tertiary/aromatic N) is 1. The van der Waals surface area contributed by atoms with Gasteiger partial charge in [0.2, 0.25) is 0 Å². The molecule has 1 saturated heterocycles. The molecule has 2 unspecified atom stereocenters. The van der Waals surface area contributed by atoms with E-state index in [4.69, 9.17) is 4.42 Å².